The van der Waals surface area contributed by atoms with Crippen molar-refractivity contribution in [1.82, 2.24) is 0 Å². The third kappa shape index (κ3) is 3.83. The SMILES string of the molecule is c1ccc(-c2ccc(N(c3ccc4oc5ccccc5c4c3)c3ccc4oc5c6ccccc6ccc5c4c3)cc2)cc1. The number of rotatable bonds is 4. The molecule has 0 saturated heterocycles. The first kappa shape index (κ1) is 23.9. The van der Waals surface area contributed by atoms with Gasteiger partial charge in [-0.2, -0.15) is 0 Å². The van der Waals surface area contributed by atoms with Gasteiger partial charge in [-0.15, -0.1) is 0 Å². The molecule has 0 N–H and O–H groups in total. The molecule has 0 radical (unpaired) electrons. The van der Waals surface area contributed by atoms with Crippen LogP contribution in [0.2, 0.25) is 0 Å². The predicted octanol–water partition coefficient (Wildman–Crippen LogP) is 11.8. The molecule has 0 aliphatic carbocycles. The lowest BCUT2D eigenvalue weighted by Crippen LogP contribution is -2.09. The predicted molar refractivity (Wildman–Crippen MR) is 179 cm³/mol. The second kappa shape index (κ2) is 9.37. The van der Waals surface area contributed by atoms with Crippen LogP contribution in [-0.2, 0) is 0 Å². The van der Waals surface area contributed by atoms with Crippen LogP contribution >= 0.6 is 0 Å². The molecule has 0 atom stereocenters. The van der Waals surface area contributed by atoms with Crippen LogP contribution in [0.15, 0.2) is 160 Å². The molecular formula is C40H25NO2. The van der Waals surface area contributed by atoms with Crippen LogP contribution in [0.3, 0.4) is 0 Å². The van der Waals surface area contributed by atoms with Crippen molar-refractivity contribution in [3.8, 4) is 11.1 Å². The lowest BCUT2D eigenvalue weighted by atomic mass is 10.0. The highest BCUT2D eigenvalue weighted by atomic mass is 16.3. The van der Waals surface area contributed by atoms with Crippen molar-refractivity contribution in [2.75, 3.05) is 4.90 Å². The van der Waals surface area contributed by atoms with Crippen molar-refractivity contribution in [1.29, 1.82) is 0 Å². The summed E-state index contributed by atoms with van der Waals surface area (Å²) in [6.45, 7) is 0. The minimum atomic E-state index is 0.880. The molecule has 202 valence electrons. The molecule has 9 rings (SSSR count). The summed E-state index contributed by atoms with van der Waals surface area (Å²) in [5, 5.41) is 6.73. The van der Waals surface area contributed by atoms with Crippen LogP contribution in [0.1, 0.15) is 0 Å². The monoisotopic (exact) mass is 551 g/mol. The van der Waals surface area contributed by atoms with Gasteiger partial charge in [-0.05, 0) is 77.2 Å². The average Bonchev–Trinajstić information content (AvgIpc) is 3.64. The molecule has 2 aromatic heterocycles. The first-order valence-electron chi connectivity index (χ1n) is 14.5. The smallest absolute Gasteiger partial charge is 0.143 e. The normalized spacial score (nSPS) is 11.7. The zero-order valence-electron chi connectivity index (χ0n) is 23.2. The molecule has 3 heteroatoms. The van der Waals surface area contributed by atoms with Crippen LogP contribution in [-0.4, -0.2) is 0 Å². The highest BCUT2D eigenvalue weighted by Gasteiger charge is 2.18. The summed E-state index contributed by atoms with van der Waals surface area (Å²) in [4.78, 5) is 2.31. The van der Waals surface area contributed by atoms with Crippen LogP contribution in [0.5, 0.6) is 0 Å². The lowest BCUT2D eigenvalue weighted by Gasteiger charge is -2.26. The molecule has 0 spiro atoms. The zero-order chi connectivity index (χ0) is 28.3. The maximum atomic E-state index is 6.44. The summed E-state index contributed by atoms with van der Waals surface area (Å²) in [5.41, 5.74) is 9.16. The van der Waals surface area contributed by atoms with Gasteiger partial charge in [-0.1, -0.05) is 91.0 Å². The topological polar surface area (TPSA) is 29.5 Å². The van der Waals surface area contributed by atoms with E-state index < -0.39 is 0 Å². The quantitative estimate of drug-likeness (QED) is 0.218. The number of nitrogens with zero attached hydrogens (tertiary/aromatic N) is 1. The summed E-state index contributed by atoms with van der Waals surface area (Å²) in [7, 11) is 0. The molecule has 0 amide bonds. The van der Waals surface area contributed by atoms with E-state index in [4.69, 9.17) is 8.83 Å². The van der Waals surface area contributed by atoms with Crippen molar-refractivity contribution in [3.63, 3.8) is 0 Å². The fourth-order valence-corrected chi connectivity index (χ4v) is 6.37. The standard InChI is InChI=1S/C40H25NO2/c1-2-8-26(9-3-1)27-14-17-29(18-15-27)41(30-19-22-38-35(24-30)33-12-6-7-13-37(33)42-38)31-20-23-39-36(25-31)34-21-16-28-10-4-5-11-32(28)40(34)43-39/h1-25H. The molecular weight excluding hydrogens is 526 g/mol. The van der Waals surface area contributed by atoms with Gasteiger partial charge in [0.15, 0.2) is 0 Å². The summed E-state index contributed by atoms with van der Waals surface area (Å²) in [6.07, 6.45) is 0. The maximum Gasteiger partial charge on any atom is 0.143 e. The number of para-hydroxylation sites is 1. The Kier molecular flexibility index (Phi) is 5.20. The van der Waals surface area contributed by atoms with E-state index in [1.807, 2.05) is 18.2 Å². The Morgan fingerprint density at radius 3 is 1.72 bits per heavy atom. The summed E-state index contributed by atoms with van der Waals surface area (Å²) >= 11 is 0. The Hall–Kier alpha value is -5.80. The second-order valence-electron chi connectivity index (χ2n) is 11.0. The molecule has 2 heterocycles. The number of benzene rings is 7. The number of hydrogen-bond acceptors (Lipinski definition) is 3. The van der Waals surface area contributed by atoms with Crippen LogP contribution in [0, 0.1) is 0 Å². The van der Waals surface area contributed by atoms with E-state index in [2.05, 4.69) is 138 Å². The van der Waals surface area contributed by atoms with Crippen molar-refractivity contribution in [3.05, 3.63) is 152 Å². The Labute approximate surface area is 247 Å². The van der Waals surface area contributed by atoms with Crippen LogP contribution in [0.25, 0.3) is 65.8 Å². The second-order valence-corrected chi connectivity index (χ2v) is 11.0. The first-order chi connectivity index (χ1) is 21.3. The van der Waals surface area contributed by atoms with Crippen molar-refractivity contribution < 1.29 is 8.83 Å². The summed E-state index contributed by atoms with van der Waals surface area (Å²) in [6, 6.07) is 53.2. The van der Waals surface area contributed by atoms with Gasteiger partial charge in [-0.25, -0.2) is 0 Å². The fourth-order valence-electron chi connectivity index (χ4n) is 6.37. The van der Waals surface area contributed by atoms with E-state index in [1.54, 1.807) is 0 Å². The van der Waals surface area contributed by atoms with Crippen molar-refractivity contribution in [2.45, 2.75) is 0 Å². The maximum absolute atomic E-state index is 6.44. The minimum Gasteiger partial charge on any atom is -0.456 e. The van der Waals surface area contributed by atoms with E-state index >= 15 is 0 Å². The number of anilines is 3. The molecule has 0 aliphatic heterocycles. The molecule has 0 fully saturated rings. The molecule has 0 bridgehead atoms. The highest BCUT2D eigenvalue weighted by molar-refractivity contribution is 6.15. The Bertz CT molecular complexity index is 2450. The average molecular weight is 552 g/mol. The van der Waals surface area contributed by atoms with E-state index in [0.717, 1.165) is 66.3 Å². The minimum absolute atomic E-state index is 0.880. The van der Waals surface area contributed by atoms with Gasteiger partial charge in [0.05, 0.1) is 0 Å². The first-order valence-corrected chi connectivity index (χ1v) is 14.5. The Morgan fingerprint density at radius 1 is 0.349 bits per heavy atom. The van der Waals surface area contributed by atoms with E-state index in [9.17, 15) is 0 Å². The molecule has 9 aromatic rings. The largest absolute Gasteiger partial charge is 0.456 e. The van der Waals surface area contributed by atoms with E-state index in [1.165, 1.54) is 16.5 Å². The number of fused-ring (bicyclic) bond motifs is 8. The summed E-state index contributed by atoms with van der Waals surface area (Å²) in [5.74, 6) is 0. The lowest BCUT2D eigenvalue weighted by molar-refractivity contribution is 0.669. The van der Waals surface area contributed by atoms with Gasteiger partial charge < -0.3 is 13.7 Å². The van der Waals surface area contributed by atoms with Gasteiger partial charge in [-0.3, -0.25) is 0 Å². The van der Waals surface area contributed by atoms with Crippen molar-refractivity contribution >= 4 is 71.7 Å². The molecule has 0 unspecified atom stereocenters. The number of hydrogen-bond donors (Lipinski definition) is 0. The van der Waals surface area contributed by atoms with Crippen LogP contribution < -0.4 is 4.90 Å². The molecule has 43 heavy (non-hydrogen) atoms. The van der Waals surface area contributed by atoms with E-state index in [-0.39, 0.29) is 0 Å². The summed E-state index contributed by atoms with van der Waals surface area (Å²) < 4.78 is 12.6. The van der Waals surface area contributed by atoms with Gasteiger partial charge in [0.1, 0.15) is 22.3 Å². The molecule has 3 nitrogen and oxygen atoms in total. The van der Waals surface area contributed by atoms with Crippen LogP contribution in [0.4, 0.5) is 17.1 Å². The zero-order valence-corrected chi connectivity index (χ0v) is 23.2. The highest BCUT2D eigenvalue weighted by Crippen LogP contribution is 2.42. The van der Waals surface area contributed by atoms with E-state index in [0.29, 0.717) is 0 Å². The van der Waals surface area contributed by atoms with Gasteiger partial charge in [0.25, 0.3) is 0 Å². The molecule has 7 aromatic carbocycles. The molecule has 0 saturated carbocycles. The fraction of sp³-hybridized carbons (Fsp3) is 0. The van der Waals surface area contributed by atoms with Crippen molar-refractivity contribution in [2.24, 2.45) is 0 Å². The third-order valence-electron chi connectivity index (χ3n) is 8.45. The molecule has 0 aliphatic rings. The number of furan rings is 2. The Balaban J connectivity index is 1.25. The van der Waals surface area contributed by atoms with Gasteiger partial charge in [0.2, 0.25) is 0 Å². The Morgan fingerprint density at radius 2 is 0.930 bits per heavy atom. The van der Waals surface area contributed by atoms with Gasteiger partial charge in [0, 0.05) is 44.0 Å². The van der Waals surface area contributed by atoms with Gasteiger partial charge >= 0.3 is 0 Å². The third-order valence-corrected chi connectivity index (χ3v) is 8.45.